The summed E-state index contributed by atoms with van der Waals surface area (Å²) in [4.78, 5) is 27.0. The lowest BCUT2D eigenvalue weighted by molar-refractivity contribution is -0.140. The van der Waals surface area contributed by atoms with E-state index in [1.54, 1.807) is 56.5 Å². The molecule has 0 unspecified atom stereocenters. The number of carbonyl (C=O) groups excluding carboxylic acids is 2. The van der Waals surface area contributed by atoms with E-state index in [0.29, 0.717) is 21.9 Å². The molecule has 0 aliphatic carbocycles. The maximum Gasteiger partial charge on any atom is 0.295 e. The second-order valence-corrected chi connectivity index (χ2v) is 7.15. The number of ether oxygens (including phenoxy) is 2. The highest BCUT2D eigenvalue weighted by Crippen LogP contribution is 2.40. The largest absolute Gasteiger partial charge is 0.507 e. The van der Waals surface area contributed by atoms with Crippen LogP contribution in [0, 0.1) is 6.92 Å². The number of methoxy groups -OCH3 is 2. The predicted octanol–water partition coefficient (Wildman–Crippen LogP) is 3.73. The Morgan fingerprint density at radius 3 is 2.41 bits per heavy atom. The molecule has 1 heterocycles. The van der Waals surface area contributed by atoms with Gasteiger partial charge in [-0.25, -0.2) is 0 Å². The Morgan fingerprint density at radius 2 is 1.83 bits per heavy atom. The molecule has 1 N–H and O–H groups in total. The molecule has 1 fully saturated rings. The van der Waals surface area contributed by atoms with Gasteiger partial charge in [-0.2, -0.15) is 0 Å². The Hall–Kier alpha value is -2.83. The second kappa shape index (κ2) is 8.68. The van der Waals surface area contributed by atoms with E-state index in [0.717, 1.165) is 5.56 Å². The summed E-state index contributed by atoms with van der Waals surface area (Å²) in [6.07, 6.45) is 0. The third-order valence-electron chi connectivity index (χ3n) is 4.95. The molecule has 29 heavy (non-hydrogen) atoms. The van der Waals surface area contributed by atoms with Crippen molar-refractivity contribution < 1.29 is 24.2 Å². The molecule has 1 amide bonds. The van der Waals surface area contributed by atoms with E-state index >= 15 is 0 Å². The van der Waals surface area contributed by atoms with Gasteiger partial charge in [0, 0.05) is 24.2 Å². The van der Waals surface area contributed by atoms with E-state index in [9.17, 15) is 14.7 Å². The minimum absolute atomic E-state index is 0.0432. The molecule has 0 aromatic heterocycles. The monoisotopic (exact) mass is 415 g/mol. The van der Waals surface area contributed by atoms with Crippen LogP contribution in [0.4, 0.5) is 0 Å². The van der Waals surface area contributed by atoms with Crippen molar-refractivity contribution in [2.45, 2.75) is 13.0 Å². The van der Waals surface area contributed by atoms with Gasteiger partial charge < -0.3 is 19.5 Å². The molecule has 3 rings (SSSR count). The molecule has 0 saturated carbocycles. The average molecular weight is 416 g/mol. The Kier molecular flexibility index (Phi) is 6.25. The van der Waals surface area contributed by atoms with E-state index in [4.69, 9.17) is 21.1 Å². The first-order chi connectivity index (χ1) is 13.9. The Labute approximate surface area is 174 Å². The Morgan fingerprint density at radius 1 is 1.14 bits per heavy atom. The highest BCUT2D eigenvalue weighted by atomic mass is 35.5. The standard InChI is InChI=1S/C22H22ClNO5/c1-13-12-16(29-3)8-9-17(13)20(25)18-19(14-4-6-15(23)7-5-14)24(10-11-28-2)22(27)21(18)26/h4-9,12,19,25H,10-11H2,1-3H3/t19-/m0/s1. The molecular formula is C22H22ClNO5. The maximum atomic E-state index is 12.9. The number of rotatable bonds is 6. The number of nitrogens with zero attached hydrogens (tertiary/aromatic N) is 1. The van der Waals surface area contributed by atoms with Crippen LogP contribution in [0.15, 0.2) is 48.0 Å². The van der Waals surface area contributed by atoms with Crippen molar-refractivity contribution in [3.8, 4) is 5.75 Å². The van der Waals surface area contributed by atoms with Gasteiger partial charge in [-0.15, -0.1) is 0 Å². The van der Waals surface area contributed by atoms with Crippen LogP contribution in [-0.4, -0.2) is 49.1 Å². The lowest BCUT2D eigenvalue weighted by atomic mass is 9.94. The molecule has 1 atom stereocenters. The summed E-state index contributed by atoms with van der Waals surface area (Å²) in [6.45, 7) is 2.28. The first-order valence-electron chi connectivity index (χ1n) is 9.06. The first-order valence-corrected chi connectivity index (χ1v) is 9.44. The number of aryl methyl sites for hydroxylation is 1. The van der Waals surface area contributed by atoms with Crippen LogP contribution in [0.5, 0.6) is 5.75 Å². The van der Waals surface area contributed by atoms with Gasteiger partial charge in [0.2, 0.25) is 0 Å². The van der Waals surface area contributed by atoms with Gasteiger partial charge in [0.05, 0.1) is 25.3 Å². The number of Topliss-reactive ketones (excluding diaryl/α,β-unsaturated/α-hetero) is 1. The minimum Gasteiger partial charge on any atom is -0.507 e. The number of hydrogen-bond acceptors (Lipinski definition) is 5. The van der Waals surface area contributed by atoms with Crippen LogP contribution in [0.3, 0.4) is 0 Å². The number of likely N-dealkylation sites (tertiary alicyclic amines) is 1. The molecule has 1 aliphatic rings. The average Bonchev–Trinajstić information content (AvgIpc) is 2.96. The fourth-order valence-corrected chi connectivity index (χ4v) is 3.59. The number of amides is 1. The molecule has 0 bridgehead atoms. The van der Waals surface area contributed by atoms with Gasteiger partial charge in [-0.1, -0.05) is 23.7 Å². The van der Waals surface area contributed by atoms with Crippen molar-refractivity contribution in [3.63, 3.8) is 0 Å². The molecule has 2 aromatic rings. The topological polar surface area (TPSA) is 76.1 Å². The third kappa shape index (κ3) is 3.99. The quantitative estimate of drug-likeness (QED) is 0.442. The Balaban J connectivity index is 2.17. The van der Waals surface area contributed by atoms with E-state index in [1.807, 2.05) is 0 Å². The number of hydrogen-bond donors (Lipinski definition) is 1. The minimum atomic E-state index is -0.732. The lowest BCUT2D eigenvalue weighted by Gasteiger charge is -2.25. The van der Waals surface area contributed by atoms with E-state index in [2.05, 4.69) is 0 Å². The summed E-state index contributed by atoms with van der Waals surface area (Å²) in [5.41, 5.74) is 1.91. The summed E-state index contributed by atoms with van der Waals surface area (Å²) in [5.74, 6) is -0.985. The van der Waals surface area contributed by atoms with Crippen LogP contribution < -0.4 is 4.74 Å². The fraction of sp³-hybridized carbons (Fsp3) is 0.273. The summed E-state index contributed by atoms with van der Waals surface area (Å²) in [6, 6.07) is 11.2. The SMILES string of the molecule is COCCN1C(=O)C(=O)C(=C(O)c2ccc(OC)cc2C)[C@@H]1c1ccc(Cl)cc1. The Bertz CT molecular complexity index is 968. The number of aliphatic hydroxyl groups excluding tert-OH is 1. The van der Waals surface area contributed by atoms with Crippen molar-refractivity contribution in [3.05, 3.63) is 69.8 Å². The summed E-state index contributed by atoms with van der Waals surface area (Å²) < 4.78 is 10.3. The smallest absolute Gasteiger partial charge is 0.295 e. The van der Waals surface area contributed by atoms with Crippen molar-refractivity contribution >= 4 is 29.1 Å². The van der Waals surface area contributed by atoms with Crippen molar-refractivity contribution in [2.75, 3.05) is 27.4 Å². The van der Waals surface area contributed by atoms with E-state index in [-0.39, 0.29) is 24.5 Å². The maximum absolute atomic E-state index is 12.9. The van der Waals surface area contributed by atoms with Crippen molar-refractivity contribution in [1.82, 2.24) is 4.90 Å². The zero-order chi connectivity index (χ0) is 21.1. The predicted molar refractivity (Wildman–Crippen MR) is 110 cm³/mol. The molecule has 0 radical (unpaired) electrons. The first kappa shape index (κ1) is 20.9. The van der Waals surface area contributed by atoms with Crippen LogP contribution >= 0.6 is 11.6 Å². The molecule has 1 saturated heterocycles. The van der Waals surface area contributed by atoms with Crippen LogP contribution in [0.2, 0.25) is 5.02 Å². The molecular weight excluding hydrogens is 394 g/mol. The number of benzene rings is 2. The number of halogens is 1. The normalized spacial score (nSPS) is 18.3. The molecule has 6 nitrogen and oxygen atoms in total. The second-order valence-electron chi connectivity index (χ2n) is 6.72. The van der Waals surface area contributed by atoms with Gasteiger partial charge >= 0.3 is 0 Å². The van der Waals surface area contributed by atoms with Gasteiger partial charge in [0.15, 0.2) is 0 Å². The fourth-order valence-electron chi connectivity index (χ4n) is 3.47. The molecule has 0 spiro atoms. The number of carbonyl (C=O) groups is 2. The van der Waals surface area contributed by atoms with Crippen molar-refractivity contribution in [1.29, 1.82) is 0 Å². The zero-order valence-electron chi connectivity index (χ0n) is 16.4. The van der Waals surface area contributed by atoms with Crippen LogP contribution in [0.25, 0.3) is 5.76 Å². The molecule has 7 heteroatoms. The van der Waals surface area contributed by atoms with Gasteiger partial charge in [-0.3, -0.25) is 9.59 Å². The number of aliphatic hydroxyl groups is 1. The van der Waals surface area contributed by atoms with Crippen LogP contribution in [0.1, 0.15) is 22.7 Å². The van der Waals surface area contributed by atoms with E-state index < -0.39 is 17.7 Å². The van der Waals surface area contributed by atoms with Crippen molar-refractivity contribution in [2.24, 2.45) is 0 Å². The van der Waals surface area contributed by atoms with Gasteiger partial charge in [0.25, 0.3) is 11.7 Å². The third-order valence-corrected chi connectivity index (χ3v) is 5.20. The zero-order valence-corrected chi connectivity index (χ0v) is 17.2. The van der Waals surface area contributed by atoms with E-state index in [1.165, 1.54) is 12.0 Å². The molecule has 1 aliphatic heterocycles. The van der Waals surface area contributed by atoms with Gasteiger partial charge in [0.1, 0.15) is 11.5 Å². The number of ketones is 1. The summed E-state index contributed by atoms with van der Waals surface area (Å²) >= 11 is 6.00. The van der Waals surface area contributed by atoms with Gasteiger partial charge in [-0.05, 0) is 48.4 Å². The molecule has 152 valence electrons. The van der Waals surface area contributed by atoms with Crippen LogP contribution in [-0.2, 0) is 14.3 Å². The summed E-state index contributed by atoms with van der Waals surface area (Å²) in [7, 11) is 3.07. The summed E-state index contributed by atoms with van der Waals surface area (Å²) in [5, 5.41) is 11.6. The molecule has 2 aromatic carbocycles. The highest BCUT2D eigenvalue weighted by Gasteiger charge is 2.45. The highest BCUT2D eigenvalue weighted by molar-refractivity contribution is 6.46. The lowest BCUT2D eigenvalue weighted by Crippen LogP contribution is -2.32.